The molecule has 148 valence electrons. The van der Waals surface area contributed by atoms with E-state index in [1.807, 2.05) is 32.0 Å². The van der Waals surface area contributed by atoms with Crippen molar-refractivity contribution in [1.29, 1.82) is 0 Å². The van der Waals surface area contributed by atoms with E-state index >= 15 is 0 Å². The summed E-state index contributed by atoms with van der Waals surface area (Å²) in [4.78, 5) is 34.3. The molecule has 0 unspecified atom stereocenters. The minimum atomic E-state index is -0.472. The third-order valence-electron chi connectivity index (χ3n) is 4.74. The van der Waals surface area contributed by atoms with E-state index in [4.69, 9.17) is 5.73 Å². The van der Waals surface area contributed by atoms with E-state index in [2.05, 4.69) is 15.3 Å². The maximum atomic E-state index is 12.2. The second-order valence-corrected chi connectivity index (χ2v) is 6.63. The maximum absolute atomic E-state index is 12.2. The summed E-state index contributed by atoms with van der Waals surface area (Å²) in [6, 6.07) is 14.3. The van der Waals surface area contributed by atoms with Crippen molar-refractivity contribution in [3.8, 4) is 11.3 Å². The van der Waals surface area contributed by atoms with Crippen LogP contribution in [-0.4, -0.2) is 40.3 Å². The van der Waals surface area contributed by atoms with Crippen LogP contribution in [0.2, 0.25) is 0 Å². The first-order chi connectivity index (χ1) is 13.9. The zero-order valence-corrected chi connectivity index (χ0v) is 16.6. The van der Waals surface area contributed by atoms with Crippen molar-refractivity contribution in [2.24, 2.45) is 5.73 Å². The summed E-state index contributed by atoms with van der Waals surface area (Å²) < 4.78 is 0. The molecular weight excluding hydrogens is 366 g/mol. The van der Waals surface area contributed by atoms with Crippen LogP contribution < -0.4 is 11.1 Å². The first-order valence-corrected chi connectivity index (χ1v) is 9.26. The number of aromatic nitrogens is 2. The number of primary amides is 1. The molecule has 0 spiro atoms. The molecule has 29 heavy (non-hydrogen) atoms. The molecule has 0 aliphatic carbocycles. The highest BCUT2D eigenvalue weighted by atomic mass is 16.2. The van der Waals surface area contributed by atoms with Gasteiger partial charge in [0.2, 0.25) is 11.9 Å². The average Bonchev–Trinajstić information content (AvgIpc) is 2.73. The summed E-state index contributed by atoms with van der Waals surface area (Å²) >= 11 is 0. The van der Waals surface area contributed by atoms with E-state index in [1.165, 1.54) is 0 Å². The molecule has 0 aliphatic rings. The third kappa shape index (κ3) is 4.40. The van der Waals surface area contributed by atoms with E-state index < -0.39 is 5.91 Å². The Labute approximate surface area is 169 Å². The molecular formula is C22H23N5O2. The van der Waals surface area contributed by atoms with Crippen molar-refractivity contribution < 1.29 is 9.59 Å². The Morgan fingerprint density at radius 2 is 1.83 bits per heavy atom. The number of anilines is 2. The van der Waals surface area contributed by atoms with Crippen molar-refractivity contribution in [3.63, 3.8) is 0 Å². The molecule has 1 aromatic heterocycles. The number of nitrogens with one attached hydrogen (secondary N) is 1. The Hall–Kier alpha value is -3.74. The zero-order chi connectivity index (χ0) is 21.0. The molecule has 3 aromatic rings. The highest BCUT2D eigenvalue weighted by Gasteiger charge is 2.12. The van der Waals surface area contributed by atoms with Gasteiger partial charge in [0, 0.05) is 42.2 Å². The topological polar surface area (TPSA) is 101 Å². The maximum Gasteiger partial charge on any atom is 0.253 e. The van der Waals surface area contributed by atoms with Gasteiger partial charge in [0.15, 0.2) is 0 Å². The third-order valence-corrected chi connectivity index (χ3v) is 4.74. The van der Waals surface area contributed by atoms with Crippen LogP contribution in [0.25, 0.3) is 11.3 Å². The second-order valence-electron chi connectivity index (χ2n) is 6.63. The lowest BCUT2D eigenvalue weighted by atomic mass is 9.99. The fourth-order valence-electron chi connectivity index (χ4n) is 2.94. The van der Waals surface area contributed by atoms with Gasteiger partial charge in [-0.1, -0.05) is 12.1 Å². The summed E-state index contributed by atoms with van der Waals surface area (Å²) in [5, 5.41) is 3.14. The molecule has 0 radical (unpaired) electrons. The highest BCUT2D eigenvalue weighted by Crippen LogP contribution is 2.25. The standard InChI is InChI=1S/C22H23N5O2/c1-4-27(3)21(29)15-8-10-16(11-9-15)25-22-24-13-12-19(26-22)17-6-5-7-18(14(17)2)20(23)28/h5-13H,4H2,1-3H3,(H2,23,28)(H,24,25,26). The summed E-state index contributed by atoms with van der Waals surface area (Å²) in [6.45, 7) is 4.42. The monoisotopic (exact) mass is 389 g/mol. The molecule has 0 fully saturated rings. The number of benzene rings is 2. The Kier molecular flexibility index (Phi) is 5.87. The van der Waals surface area contributed by atoms with Crippen molar-refractivity contribution in [2.45, 2.75) is 13.8 Å². The number of nitrogens with two attached hydrogens (primary N) is 1. The Bertz CT molecular complexity index is 1050. The fourth-order valence-corrected chi connectivity index (χ4v) is 2.94. The number of hydrogen-bond donors (Lipinski definition) is 2. The van der Waals surface area contributed by atoms with Crippen LogP contribution >= 0.6 is 0 Å². The van der Waals surface area contributed by atoms with Crippen LogP contribution in [0.4, 0.5) is 11.6 Å². The van der Waals surface area contributed by atoms with Crippen LogP contribution in [0.15, 0.2) is 54.7 Å². The minimum Gasteiger partial charge on any atom is -0.366 e. The molecule has 2 amide bonds. The van der Waals surface area contributed by atoms with Gasteiger partial charge in [-0.25, -0.2) is 9.97 Å². The molecule has 0 atom stereocenters. The van der Waals surface area contributed by atoms with Crippen molar-refractivity contribution in [3.05, 3.63) is 71.4 Å². The van der Waals surface area contributed by atoms with Crippen molar-refractivity contribution in [2.75, 3.05) is 18.9 Å². The highest BCUT2D eigenvalue weighted by molar-refractivity contribution is 5.96. The molecule has 2 aromatic carbocycles. The van der Waals surface area contributed by atoms with Gasteiger partial charge in [0.25, 0.3) is 5.91 Å². The summed E-state index contributed by atoms with van der Waals surface area (Å²) in [5.74, 6) is -0.0849. The van der Waals surface area contributed by atoms with Gasteiger partial charge in [-0.2, -0.15) is 0 Å². The molecule has 0 saturated heterocycles. The van der Waals surface area contributed by atoms with E-state index in [1.54, 1.807) is 48.5 Å². The molecule has 0 aliphatic heterocycles. The van der Waals surface area contributed by atoms with Gasteiger partial charge in [0.1, 0.15) is 0 Å². The molecule has 1 heterocycles. The van der Waals surface area contributed by atoms with Gasteiger partial charge < -0.3 is 16.0 Å². The molecule has 7 heteroatoms. The zero-order valence-electron chi connectivity index (χ0n) is 16.6. The van der Waals surface area contributed by atoms with Gasteiger partial charge in [-0.15, -0.1) is 0 Å². The minimum absolute atomic E-state index is 0.0258. The number of hydrogen-bond acceptors (Lipinski definition) is 5. The van der Waals surface area contributed by atoms with Crippen LogP contribution in [0, 0.1) is 6.92 Å². The van der Waals surface area contributed by atoms with Crippen molar-refractivity contribution in [1.82, 2.24) is 14.9 Å². The van der Waals surface area contributed by atoms with Gasteiger partial charge in [0.05, 0.1) is 5.69 Å². The SMILES string of the molecule is CCN(C)C(=O)c1ccc(Nc2nccc(-c3cccc(C(N)=O)c3C)n2)cc1. The van der Waals surface area contributed by atoms with E-state index in [9.17, 15) is 9.59 Å². The largest absolute Gasteiger partial charge is 0.366 e. The van der Waals surface area contributed by atoms with Crippen molar-refractivity contribution >= 4 is 23.5 Å². The normalized spacial score (nSPS) is 10.4. The van der Waals surface area contributed by atoms with Crippen LogP contribution in [0.5, 0.6) is 0 Å². The summed E-state index contributed by atoms with van der Waals surface area (Å²) in [7, 11) is 1.77. The number of rotatable bonds is 6. The molecule has 0 bridgehead atoms. The first-order valence-electron chi connectivity index (χ1n) is 9.26. The molecule has 3 N–H and O–H groups in total. The van der Waals surface area contributed by atoms with E-state index in [-0.39, 0.29) is 5.91 Å². The number of carbonyl (C=O) groups is 2. The first kappa shape index (κ1) is 20.0. The fraction of sp³-hybridized carbons (Fsp3) is 0.182. The van der Waals surface area contributed by atoms with Gasteiger partial charge in [-0.3, -0.25) is 9.59 Å². The predicted molar refractivity (Wildman–Crippen MR) is 113 cm³/mol. The molecule has 0 saturated carbocycles. The van der Waals surface area contributed by atoms with Crippen LogP contribution in [-0.2, 0) is 0 Å². The average molecular weight is 389 g/mol. The van der Waals surface area contributed by atoms with Crippen LogP contribution in [0.1, 0.15) is 33.2 Å². The van der Waals surface area contributed by atoms with Crippen LogP contribution in [0.3, 0.4) is 0 Å². The lowest BCUT2D eigenvalue weighted by molar-refractivity contribution is 0.0802. The van der Waals surface area contributed by atoms with E-state index in [0.717, 1.165) is 16.8 Å². The number of nitrogens with zero attached hydrogens (tertiary/aromatic N) is 3. The van der Waals surface area contributed by atoms with Gasteiger partial charge in [-0.05, 0) is 55.8 Å². The molecule has 7 nitrogen and oxygen atoms in total. The van der Waals surface area contributed by atoms with Gasteiger partial charge >= 0.3 is 0 Å². The van der Waals surface area contributed by atoms with E-state index in [0.29, 0.717) is 29.3 Å². The smallest absolute Gasteiger partial charge is 0.253 e. The lowest BCUT2D eigenvalue weighted by Gasteiger charge is -2.14. The summed E-state index contributed by atoms with van der Waals surface area (Å²) in [6.07, 6.45) is 1.65. The Balaban J connectivity index is 1.83. The quantitative estimate of drug-likeness (QED) is 0.673. The lowest BCUT2D eigenvalue weighted by Crippen LogP contribution is -2.26. The predicted octanol–water partition coefficient (Wildman–Crippen LogP) is 3.39. The number of carbonyl (C=O) groups excluding carboxylic acids is 2. The number of amides is 2. The Morgan fingerprint density at radius 3 is 2.48 bits per heavy atom. The summed E-state index contributed by atoms with van der Waals surface area (Å²) in [5.41, 5.74) is 9.56. The Morgan fingerprint density at radius 1 is 1.10 bits per heavy atom. The molecule has 3 rings (SSSR count). The second kappa shape index (κ2) is 8.52.